The predicted octanol–water partition coefficient (Wildman–Crippen LogP) is 1.90. The lowest BCUT2D eigenvalue weighted by Crippen LogP contribution is -2.49. The number of rotatable bonds is 2. The first-order valence-corrected chi connectivity index (χ1v) is 7.74. The molecule has 1 amide bonds. The highest BCUT2D eigenvalue weighted by atomic mass is 19.4. The number of anilines is 1. The maximum absolute atomic E-state index is 12.6. The first kappa shape index (κ1) is 15.9. The Morgan fingerprint density at radius 2 is 2.04 bits per heavy atom. The number of alkyl halides is 3. The molecule has 25 heavy (non-hydrogen) atoms. The van der Waals surface area contributed by atoms with Crippen molar-refractivity contribution < 1.29 is 22.5 Å². The van der Waals surface area contributed by atoms with Gasteiger partial charge in [0, 0.05) is 18.7 Å². The number of halogens is 3. The molecule has 0 unspecified atom stereocenters. The van der Waals surface area contributed by atoms with Crippen molar-refractivity contribution in [1.29, 1.82) is 0 Å². The molecule has 7 nitrogen and oxygen atoms in total. The summed E-state index contributed by atoms with van der Waals surface area (Å²) in [6, 6.07) is 2.22. The maximum Gasteiger partial charge on any atom is 0.435 e. The first-order valence-electron chi connectivity index (χ1n) is 7.74. The third kappa shape index (κ3) is 2.61. The first-order chi connectivity index (χ1) is 11.8. The quantitative estimate of drug-likeness (QED) is 0.821. The Kier molecular flexibility index (Phi) is 3.44. The molecule has 0 spiro atoms. The molecule has 10 heteroatoms. The Labute approximate surface area is 140 Å². The van der Waals surface area contributed by atoms with E-state index in [1.54, 1.807) is 11.8 Å². The van der Waals surface area contributed by atoms with E-state index >= 15 is 0 Å². The van der Waals surface area contributed by atoms with Gasteiger partial charge in [-0.25, -0.2) is 0 Å². The van der Waals surface area contributed by atoms with E-state index in [4.69, 9.17) is 4.52 Å². The molecule has 2 atom stereocenters. The van der Waals surface area contributed by atoms with Crippen LogP contribution in [0.5, 0.6) is 0 Å². The topological polar surface area (TPSA) is 75.4 Å². The molecule has 4 rings (SSSR count). The van der Waals surface area contributed by atoms with Crippen molar-refractivity contribution in [1.82, 2.24) is 20.3 Å². The second kappa shape index (κ2) is 5.43. The Bertz CT molecular complexity index is 804. The number of carbonyl (C=O) groups is 1. The normalized spacial score (nSPS) is 22.7. The van der Waals surface area contributed by atoms with Crippen molar-refractivity contribution in [3.63, 3.8) is 0 Å². The third-order valence-electron chi connectivity index (χ3n) is 4.68. The highest BCUT2D eigenvalue weighted by molar-refractivity contribution is 5.93. The number of hydrogen-bond donors (Lipinski definition) is 0. The van der Waals surface area contributed by atoms with Crippen LogP contribution >= 0.6 is 0 Å². The largest absolute Gasteiger partial charge is 0.435 e. The summed E-state index contributed by atoms with van der Waals surface area (Å²) in [5.74, 6) is 0.414. The fourth-order valence-electron chi connectivity index (χ4n) is 3.45. The van der Waals surface area contributed by atoms with E-state index in [2.05, 4.69) is 15.4 Å². The summed E-state index contributed by atoms with van der Waals surface area (Å²) in [5, 5.41) is 10.6. The second-order valence-electron chi connectivity index (χ2n) is 6.27. The molecule has 2 aromatic heterocycles. The number of fused-ring (bicyclic) bond motifs is 2. The van der Waals surface area contributed by atoms with Crippen molar-refractivity contribution in [2.45, 2.75) is 31.6 Å². The molecule has 4 heterocycles. The van der Waals surface area contributed by atoms with Gasteiger partial charge in [0.05, 0.1) is 18.3 Å². The summed E-state index contributed by atoms with van der Waals surface area (Å²) in [5.41, 5.74) is -0.337. The minimum absolute atomic E-state index is 0.00298. The molecule has 0 aromatic carbocycles. The van der Waals surface area contributed by atoms with Crippen molar-refractivity contribution in [2.24, 2.45) is 0 Å². The molecule has 2 fully saturated rings. The minimum Gasteiger partial charge on any atom is -0.351 e. The van der Waals surface area contributed by atoms with E-state index < -0.39 is 11.9 Å². The number of carbonyl (C=O) groups excluding carboxylic acids is 1. The number of amides is 1. The van der Waals surface area contributed by atoms with Crippen molar-refractivity contribution in [3.8, 4) is 0 Å². The van der Waals surface area contributed by atoms with Gasteiger partial charge >= 0.3 is 6.18 Å². The lowest BCUT2D eigenvalue weighted by Gasteiger charge is -2.34. The monoisotopic (exact) mass is 353 g/mol. The van der Waals surface area contributed by atoms with Crippen LogP contribution < -0.4 is 4.90 Å². The van der Waals surface area contributed by atoms with Crippen LogP contribution in [0, 0.1) is 6.92 Å². The number of hydrogen-bond acceptors (Lipinski definition) is 6. The number of aromatic nitrogens is 3. The number of nitrogens with zero attached hydrogens (tertiary/aromatic N) is 5. The summed E-state index contributed by atoms with van der Waals surface area (Å²) >= 11 is 0. The maximum atomic E-state index is 12.6. The SMILES string of the molecule is Cc1cnoc1C(=O)N1C[C@@H]2C[C@H]1CN2c1ccc(C(F)(F)F)nn1. The van der Waals surface area contributed by atoms with E-state index in [0.717, 1.165) is 12.5 Å². The highest BCUT2D eigenvalue weighted by Gasteiger charge is 2.47. The second-order valence-corrected chi connectivity index (χ2v) is 6.27. The summed E-state index contributed by atoms with van der Waals surface area (Å²) < 4.78 is 42.8. The van der Waals surface area contributed by atoms with Gasteiger partial charge in [-0.05, 0) is 25.5 Å². The molecular formula is C15H14F3N5O2. The van der Waals surface area contributed by atoms with Crippen molar-refractivity contribution >= 4 is 11.7 Å². The fourth-order valence-corrected chi connectivity index (χ4v) is 3.45. The lowest BCUT2D eigenvalue weighted by atomic mass is 10.2. The van der Waals surface area contributed by atoms with E-state index in [0.29, 0.717) is 24.5 Å². The van der Waals surface area contributed by atoms with Gasteiger partial charge in [0.25, 0.3) is 5.91 Å². The molecule has 0 aliphatic carbocycles. The number of piperazine rings is 1. The molecule has 2 aliphatic heterocycles. The molecule has 2 aromatic rings. The van der Waals surface area contributed by atoms with Crippen LogP contribution in [-0.2, 0) is 6.18 Å². The molecule has 0 radical (unpaired) electrons. The van der Waals surface area contributed by atoms with E-state index in [-0.39, 0.29) is 23.8 Å². The molecule has 0 saturated carbocycles. The summed E-state index contributed by atoms with van der Waals surface area (Å²) in [4.78, 5) is 16.2. The minimum atomic E-state index is -4.51. The van der Waals surface area contributed by atoms with Gasteiger partial charge in [0.1, 0.15) is 0 Å². The van der Waals surface area contributed by atoms with Gasteiger partial charge in [-0.1, -0.05) is 5.16 Å². The number of likely N-dealkylation sites (tertiary alicyclic amines) is 1. The van der Waals surface area contributed by atoms with E-state index in [9.17, 15) is 18.0 Å². The van der Waals surface area contributed by atoms with Gasteiger partial charge in [-0.2, -0.15) is 13.2 Å². The Morgan fingerprint density at radius 1 is 1.24 bits per heavy atom. The Balaban J connectivity index is 1.48. The van der Waals surface area contributed by atoms with Crippen LogP contribution in [0.15, 0.2) is 22.9 Å². The van der Waals surface area contributed by atoms with Crippen LogP contribution in [-0.4, -0.2) is 51.3 Å². The van der Waals surface area contributed by atoms with E-state index in [1.165, 1.54) is 12.3 Å². The molecule has 0 N–H and O–H groups in total. The van der Waals surface area contributed by atoms with E-state index in [1.807, 2.05) is 4.90 Å². The number of aryl methyl sites for hydroxylation is 1. The average Bonchev–Trinajstić information content (AvgIpc) is 3.28. The summed E-state index contributed by atoms with van der Waals surface area (Å²) in [6.07, 6.45) is -2.28. The van der Waals surface area contributed by atoms with Gasteiger partial charge in [-0.15, -0.1) is 10.2 Å². The fraction of sp³-hybridized carbons (Fsp3) is 0.467. The summed E-state index contributed by atoms with van der Waals surface area (Å²) in [6.45, 7) is 2.72. The lowest BCUT2D eigenvalue weighted by molar-refractivity contribution is -0.141. The average molecular weight is 353 g/mol. The van der Waals surface area contributed by atoms with Crippen LogP contribution in [0.1, 0.15) is 28.2 Å². The van der Waals surface area contributed by atoms with Crippen LogP contribution in [0.25, 0.3) is 0 Å². The molecule has 132 valence electrons. The van der Waals surface area contributed by atoms with Gasteiger partial charge in [-0.3, -0.25) is 4.79 Å². The zero-order chi connectivity index (χ0) is 17.8. The van der Waals surface area contributed by atoms with Crippen LogP contribution in [0.3, 0.4) is 0 Å². The molecule has 2 bridgehead atoms. The zero-order valence-corrected chi connectivity index (χ0v) is 13.2. The van der Waals surface area contributed by atoms with Gasteiger partial charge < -0.3 is 14.3 Å². The van der Waals surface area contributed by atoms with Crippen molar-refractivity contribution in [3.05, 3.63) is 35.3 Å². The summed E-state index contributed by atoms with van der Waals surface area (Å²) in [7, 11) is 0. The molecule has 2 saturated heterocycles. The zero-order valence-electron chi connectivity index (χ0n) is 13.2. The smallest absolute Gasteiger partial charge is 0.351 e. The Morgan fingerprint density at radius 3 is 2.56 bits per heavy atom. The van der Waals surface area contributed by atoms with Crippen molar-refractivity contribution in [2.75, 3.05) is 18.0 Å². The van der Waals surface area contributed by atoms with Gasteiger partial charge in [0.2, 0.25) is 5.76 Å². The molecule has 2 aliphatic rings. The Hall–Kier alpha value is -2.65. The molecular weight excluding hydrogens is 339 g/mol. The van der Waals surface area contributed by atoms with Gasteiger partial charge in [0.15, 0.2) is 11.5 Å². The highest BCUT2D eigenvalue weighted by Crippen LogP contribution is 2.35. The van der Waals surface area contributed by atoms with Crippen LogP contribution in [0.2, 0.25) is 0 Å². The third-order valence-corrected chi connectivity index (χ3v) is 4.68. The predicted molar refractivity (Wildman–Crippen MR) is 78.8 cm³/mol. The van der Waals surface area contributed by atoms with Crippen LogP contribution in [0.4, 0.5) is 19.0 Å². The standard InChI is InChI=1S/C15H14F3N5O2/c1-8-5-19-25-13(8)14(24)23-7-9-4-10(23)6-22(9)12-3-2-11(20-21-12)15(16,17)18/h2-3,5,9-10H,4,6-7H2,1H3/t9-,10-/m0/s1.